The highest BCUT2D eigenvalue weighted by molar-refractivity contribution is 6.29. The molecule has 2 aromatic carbocycles. The van der Waals surface area contributed by atoms with Crippen molar-refractivity contribution in [1.82, 2.24) is 4.90 Å². The van der Waals surface area contributed by atoms with Crippen LogP contribution in [0.1, 0.15) is 31.4 Å². The fourth-order valence-corrected chi connectivity index (χ4v) is 3.03. The molecule has 2 aromatic rings. The molecule has 0 spiro atoms. The monoisotopic (exact) mass is 342 g/mol. The van der Waals surface area contributed by atoms with Crippen molar-refractivity contribution in [3.63, 3.8) is 0 Å². The highest BCUT2D eigenvalue weighted by Gasteiger charge is 2.19. The predicted molar refractivity (Wildman–Crippen MR) is 105 cm³/mol. The summed E-state index contributed by atoms with van der Waals surface area (Å²) in [6.45, 7) is 6.98. The average molecular weight is 343 g/mol. The Balaban J connectivity index is 2.20. The third kappa shape index (κ3) is 5.77. The molecule has 24 heavy (non-hydrogen) atoms. The Bertz CT molecular complexity index is 569. The summed E-state index contributed by atoms with van der Waals surface area (Å²) < 4.78 is 0. The molecule has 3 heteroatoms. The molecule has 128 valence electrons. The van der Waals surface area contributed by atoms with E-state index in [0.29, 0.717) is 5.88 Å². The normalized spacial score (nSPS) is 13.2. The first-order chi connectivity index (χ1) is 11.7. The molecule has 0 unspecified atom stereocenters. The summed E-state index contributed by atoms with van der Waals surface area (Å²) in [5.41, 5.74) is 3.69. The molecular weight excluding hydrogens is 316 g/mol. The molecule has 0 amide bonds. The number of halogens is 1. The lowest BCUT2D eigenvalue weighted by Gasteiger charge is -2.30. The van der Waals surface area contributed by atoms with Crippen LogP contribution in [0.15, 0.2) is 65.7 Å². The maximum absolute atomic E-state index is 6.19. The van der Waals surface area contributed by atoms with E-state index in [1.807, 2.05) is 0 Å². The first-order valence-corrected chi connectivity index (χ1v) is 9.19. The van der Waals surface area contributed by atoms with Gasteiger partial charge in [0.2, 0.25) is 0 Å². The van der Waals surface area contributed by atoms with Gasteiger partial charge in [-0.1, -0.05) is 67.6 Å². The van der Waals surface area contributed by atoms with Crippen molar-refractivity contribution in [2.75, 3.05) is 12.4 Å². The molecule has 0 radical (unpaired) electrons. The molecule has 0 bridgehead atoms. The zero-order valence-corrected chi connectivity index (χ0v) is 15.4. The molecule has 0 heterocycles. The molecule has 0 saturated heterocycles. The van der Waals surface area contributed by atoms with Gasteiger partial charge in [-0.15, -0.1) is 11.6 Å². The smallest absolute Gasteiger partial charge is 0.0619 e. The van der Waals surface area contributed by atoms with Gasteiger partial charge < -0.3 is 0 Å². The molecule has 1 atom stereocenters. The SMILES string of the molecule is CCCN=C(CCl)[C@H](C)N(Cc1ccccc1)Cc1ccccc1. The van der Waals surface area contributed by atoms with Crippen molar-refractivity contribution in [1.29, 1.82) is 0 Å². The Morgan fingerprint density at radius 3 is 1.88 bits per heavy atom. The number of nitrogens with zero attached hydrogens (tertiary/aromatic N) is 2. The largest absolute Gasteiger partial charge is 0.291 e. The Morgan fingerprint density at radius 1 is 0.958 bits per heavy atom. The van der Waals surface area contributed by atoms with Gasteiger partial charge in [0.15, 0.2) is 0 Å². The lowest BCUT2D eigenvalue weighted by atomic mass is 10.1. The molecule has 0 saturated carbocycles. The van der Waals surface area contributed by atoms with E-state index in [2.05, 4.69) is 79.4 Å². The standard InChI is InChI=1S/C21H27ClN2/c1-3-14-23-21(15-22)18(2)24(16-19-10-6-4-7-11-19)17-20-12-8-5-9-13-20/h4-13,18H,3,14-17H2,1-2H3/t18-/m0/s1. The fraction of sp³-hybridized carbons (Fsp3) is 0.381. The third-order valence-electron chi connectivity index (χ3n) is 4.16. The van der Waals surface area contributed by atoms with Crippen molar-refractivity contribution in [3.8, 4) is 0 Å². The Kier molecular flexibility index (Phi) is 8.00. The predicted octanol–water partition coefficient (Wildman–Crippen LogP) is 5.17. The van der Waals surface area contributed by atoms with E-state index in [9.17, 15) is 0 Å². The first kappa shape index (κ1) is 18.7. The minimum atomic E-state index is 0.217. The van der Waals surface area contributed by atoms with Gasteiger partial charge >= 0.3 is 0 Å². The van der Waals surface area contributed by atoms with Gasteiger partial charge in [-0.25, -0.2) is 0 Å². The Hall–Kier alpha value is -1.64. The number of aliphatic imine (C=N–C) groups is 1. The van der Waals surface area contributed by atoms with Crippen LogP contribution in [-0.4, -0.2) is 29.1 Å². The Labute approximate surface area is 151 Å². The van der Waals surface area contributed by atoms with Crippen molar-refractivity contribution >= 4 is 17.3 Å². The van der Waals surface area contributed by atoms with Gasteiger partial charge in [0, 0.05) is 31.4 Å². The van der Waals surface area contributed by atoms with Gasteiger partial charge in [0.05, 0.1) is 5.88 Å². The van der Waals surface area contributed by atoms with Crippen molar-refractivity contribution in [2.45, 2.75) is 39.4 Å². The zero-order chi connectivity index (χ0) is 17.2. The van der Waals surface area contributed by atoms with Gasteiger partial charge in [-0.2, -0.15) is 0 Å². The number of alkyl halides is 1. The van der Waals surface area contributed by atoms with Gasteiger partial charge in [-0.05, 0) is 24.5 Å². The van der Waals surface area contributed by atoms with Crippen LogP contribution in [-0.2, 0) is 13.1 Å². The molecule has 0 fully saturated rings. The van der Waals surface area contributed by atoms with E-state index < -0.39 is 0 Å². The summed E-state index contributed by atoms with van der Waals surface area (Å²) in [6.07, 6.45) is 1.05. The van der Waals surface area contributed by atoms with Gasteiger partial charge in [0.25, 0.3) is 0 Å². The maximum atomic E-state index is 6.19. The highest BCUT2D eigenvalue weighted by atomic mass is 35.5. The van der Waals surface area contributed by atoms with E-state index >= 15 is 0 Å². The molecular formula is C21H27ClN2. The van der Waals surface area contributed by atoms with Crippen molar-refractivity contribution in [2.24, 2.45) is 4.99 Å². The van der Waals surface area contributed by atoms with Crippen LogP contribution in [0, 0.1) is 0 Å². The average Bonchev–Trinajstić information content (AvgIpc) is 2.63. The second-order valence-corrected chi connectivity index (χ2v) is 6.33. The summed E-state index contributed by atoms with van der Waals surface area (Å²) in [6, 6.07) is 21.4. The number of hydrogen-bond acceptors (Lipinski definition) is 2. The van der Waals surface area contributed by atoms with Gasteiger partial charge in [-0.3, -0.25) is 9.89 Å². The topological polar surface area (TPSA) is 15.6 Å². The van der Waals surface area contributed by atoms with E-state index in [1.165, 1.54) is 11.1 Å². The Morgan fingerprint density at radius 2 is 1.46 bits per heavy atom. The van der Waals surface area contributed by atoms with Crippen LogP contribution < -0.4 is 0 Å². The molecule has 0 N–H and O–H groups in total. The third-order valence-corrected chi connectivity index (χ3v) is 4.44. The summed E-state index contributed by atoms with van der Waals surface area (Å²) >= 11 is 6.19. The molecule has 0 aromatic heterocycles. The van der Waals surface area contributed by atoms with Crippen LogP contribution in [0.5, 0.6) is 0 Å². The van der Waals surface area contributed by atoms with Crippen molar-refractivity contribution in [3.05, 3.63) is 71.8 Å². The zero-order valence-electron chi connectivity index (χ0n) is 14.7. The van der Waals surface area contributed by atoms with Crippen LogP contribution in [0.25, 0.3) is 0 Å². The second-order valence-electron chi connectivity index (χ2n) is 6.06. The second kappa shape index (κ2) is 10.3. The van der Waals surface area contributed by atoms with E-state index in [0.717, 1.165) is 31.8 Å². The van der Waals surface area contributed by atoms with Crippen LogP contribution in [0.4, 0.5) is 0 Å². The molecule has 0 aliphatic heterocycles. The van der Waals surface area contributed by atoms with Crippen LogP contribution in [0.3, 0.4) is 0 Å². The van der Waals surface area contributed by atoms with E-state index in [4.69, 9.17) is 16.6 Å². The lowest BCUT2D eigenvalue weighted by molar-refractivity contribution is 0.234. The van der Waals surface area contributed by atoms with Crippen molar-refractivity contribution < 1.29 is 0 Å². The summed E-state index contributed by atoms with van der Waals surface area (Å²) in [7, 11) is 0. The number of rotatable bonds is 9. The molecule has 0 aliphatic rings. The summed E-state index contributed by atoms with van der Waals surface area (Å²) in [4.78, 5) is 7.15. The summed E-state index contributed by atoms with van der Waals surface area (Å²) in [5.74, 6) is 0.487. The van der Waals surface area contributed by atoms with Crippen LogP contribution in [0.2, 0.25) is 0 Å². The lowest BCUT2D eigenvalue weighted by Crippen LogP contribution is -2.39. The van der Waals surface area contributed by atoms with Gasteiger partial charge in [0.1, 0.15) is 0 Å². The first-order valence-electron chi connectivity index (χ1n) is 8.65. The number of hydrogen-bond donors (Lipinski definition) is 0. The molecule has 2 rings (SSSR count). The van der Waals surface area contributed by atoms with Crippen LogP contribution >= 0.6 is 11.6 Å². The highest BCUT2D eigenvalue weighted by Crippen LogP contribution is 2.15. The maximum Gasteiger partial charge on any atom is 0.0619 e. The summed E-state index contributed by atoms with van der Waals surface area (Å²) in [5, 5.41) is 0. The minimum absolute atomic E-state index is 0.217. The number of benzene rings is 2. The fourth-order valence-electron chi connectivity index (χ4n) is 2.72. The molecule has 0 aliphatic carbocycles. The quantitative estimate of drug-likeness (QED) is 0.453. The van der Waals surface area contributed by atoms with E-state index in [-0.39, 0.29) is 6.04 Å². The minimum Gasteiger partial charge on any atom is -0.291 e. The van der Waals surface area contributed by atoms with E-state index in [1.54, 1.807) is 0 Å². The molecule has 2 nitrogen and oxygen atoms in total.